The van der Waals surface area contributed by atoms with E-state index < -0.39 is 45.7 Å². The number of ether oxygens (including phenoxy) is 2. The molecule has 0 aromatic heterocycles. The molecule has 0 saturated carbocycles. The summed E-state index contributed by atoms with van der Waals surface area (Å²) in [7, 11) is 2.39. The molecular formula is C52H56N6O12S. The van der Waals surface area contributed by atoms with Crippen LogP contribution >= 0.6 is 11.8 Å². The van der Waals surface area contributed by atoms with E-state index in [0.29, 0.717) is 22.3 Å². The number of methoxy groups -OCH3 is 2. The molecule has 0 N–H and O–H groups in total. The Morgan fingerprint density at radius 3 is 1.28 bits per heavy atom. The van der Waals surface area contributed by atoms with Crippen LogP contribution in [0, 0.1) is 20.2 Å². The molecule has 2 heterocycles. The molecule has 0 aliphatic carbocycles. The van der Waals surface area contributed by atoms with Crippen molar-refractivity contribution in [3.8, 4) is 22.3 Å². The maximum Gasteiger partial charge on any atom is 0.330 e. The van der Waals surface area contributed by atoms with Gasteiger partial charge in [0.1, 0.15) is 12.1 Å². The summed E-state index contributed by atoms with van der Waals surface area (Å²) in [6.45, 7) is 10.6. The van der Waals surface area contributed by atoms with Gasteiger partial charge in [-0.2, -0.15) is 0 Å². The van der Waals surface area contributed by atoms with Crippen molar-refractivity contribution in [2.24, 2.45) is 0 Å². The Labute approximate surface area is 415 Å². The first-order chi connectivity index (χ1) is 33.8. The molecule has 19 heteroatoms. The molecule has 4 aromatic carbocycles. The number of benzene rings is 4. The summed E-state index contributed by atoms with van der Waals surface area (Å²) in [4.78, 5) is 109. The molecule has 2 unspecified atom stereocenters. The van der Waals surface area contributed by atoms with Crippen LogP contribution < -0.4 is 0 Å². The van der Waals surface area contributed by atoms with Gasteiger partial charge in [-0.15, -0.1) is 0 Å². The number of nitro groups is 2. The second kappa shape index (κ2) is 22.8. The van der Waals surface area contributed by atoms with E-state index in [0.717, 1.165) is 22.9 Å². The normalized spacial score (nSPS) is 16.2. The molecule has 0 radical (unpaired) electrons. The minimum atomic E-state index is -1.02. The lowest BCUT2D eigenvalue weighted by Gasteiger charge is -2.39. The molecule has 4 aromatic rings. The van der Waals surface area contributed by atoms with Gasteiger partial charge in [0, 0.05) is 52.2 Å². The summed E-state index contributed by atoms with van der Waals surface area (Å²) in [5.74, 6) is -3.28. The van der Waals surface area contributed by atoms with Crippen molar-refractivity contribution in [3.05, 3.63) is 127 Å². The largest absolute Gasteiger partial charge is 0.467 e. The fraction of sp³-hybridized carbons (Fsp3) is 0.346. The van der Waals surface area contributed by atoms with E-state index in [9.17, 15) is 49.0 Å². The zero-order valence-electron chi connectivity index (χ0n) is 40.8. The Bertz CT molecular complexity index is 2650. The maximum atomic E-state index is 13.8. The van der Waals surface area contributed by atoms with E-state index in [1.165, 1.54) is 84.1 Å². The SMILES string of the molecule is COC(=O)C1CN(C(=O)/C=C/c2ccc(Sc3ccc(/C=C/C(=O)N4CCN(C(C)=O)C(C(=O)OC)C4)c(-c4ccccc4C(C)C)c3[N+](=O)[O-])c([N+](=O)[O-])c2-c2ccccc2C(C)C)CCN1C(C)=O. The molecule has 2 fully saturated rings. The summed E-state index contributed by atoms with van der Waals surface area (Å²) in [5, 5.41) is 27.0. The van der Waals surface area contributed by atoms with Crippen LogP contribution in [-0.4, -0.2) is 131 Å². The van der Waals surface area contributed by atoms with Gasteiger partial charge in [0.05, 0.1) is 58.1 Å². The average molecular weight is 989 g/mol. The summed E-state index contributed by atoms with van der Waals surface area (Å²) in [6.07, 6.45) is 5.45. The van der Waals surface area contributed by atoms with E-state index in [1.807, 2.05) is 52.0 Å². The molecule has 2 aliphatic rings. The lowest BCUT2D eigenvalue weighted by molar-refractivity contribution is -0.387. The summed E-state index contributed by atoms with van der Waals surface area (Å²) >= 11 is 0.837. The molecule has 6 rings (SSSR count). The minimum absolute atomic E-state index is 0.0721. The molecule has 2 saturated heterocycles. The van der Waals surface area contributed by atoms with E-state index in [1.54, 1.807) is 36.4 Å². The molecule has 4 amide bonds. The Morgan fingerprint density at radius 1 is 0.592 bits per heavy atom. The fourth-order valence-corrected chi connectivity index (χ4v) is 10.1. The number of rotatable bonds is 14. The highest BCUT2D eigenvalue weighted by molar-refractivity contribution is 7.99. The van der Waals surface area contributed by atoms with Crippen molar-refractivity contribution >= 4 is 70.9 Å². The molecule has 0 spiro atoms. The molecule has 2 atom stereocenters. The van der Waals surface area contributed by atoms with Gasteiger partial charge >= 0.3 is 11.9 Å². The Balaban J connectivity index is 1.48. The number of hydrogen-bond donors (Lipinski definition) is 0. The Morgan fingerprint density at radius 2 is 0.958 bits per heavy atom. The number of hydrogen-bond acceptors (Lipinski definition) is 13. The van der Waals surface area contributed by atoms with Gasteiger partial charge in [0.15, 0.2) is 0 Å². The van der Waals surface area contributed by atoms with Crippen LogP contribution in [0.4, 0.5) is 11.4 Å². The minimum Gasteiger partial charge on any atom is -0.467 e. The number of esters is 2. The van der Waals surface area contributed by atoms with Gasteiger partial charge in [-0.1, -0.05) is 100 Å². The van der Waals surface area contributed by atoms with Crippen LogP contribution in [0.25, 0.3) is 34.4 Å². The van der Waals surface area contributed by atoms with Gasteiger partial charge in [-0.3, -0.25) is 39.4 Å². The number of amides is 4. The first kappa shape index (κ1) is 52.7. The first-order valence-corrected chi connectivity index (χ1v) is 23.7. The van der Waals surface area contributed by atoms with Crippen molar-refractivity contribution in [1.29, 1.82) is 0 Å². The van der Waals surface area contributed by atoms with Gasteiger partial charge in [-0.25, -0.2) is 9.59 Å². The Hall–Kier alpha value is -7.67. The predicted octanol–water partition coefficient (Wildman–Crippen LogP) is 7.73. The lowest BCUT2D eigenvalue weighted by atomic mass is 9.89. The molecule has 0 bridgehead atoms. The summed E-state index contributed by atoms with van der Waals surface area (Å²) < 4.78 is 9.82. The monoisotopic (exact) mass is 988 g/mol. The van der Waals surface area contributed by atoms with Crippen LogP contribution in [0.5, 0.6) is 0 Å². The second-order valence-electron chi connectivity index (χ2n) is 17.6. The van der Waals surface area contributed by atoms with Crippen molar-refractivity contribution < 1.29 is 48.1 Å². The third-order valence-corrected chi connectivity index (χ3v) is 13.7. The standard InChI is InChI=1S/C52H56N6O12S/c1-31(2)37-13-9-11-15-39(37)47-35(19-23-45(61)53-25-27-55(33(5)59)41(29-53)51(63)69-7)17-21-43(49(47)57(65)66)71-44-22-18-36(48(50(44)58(67)68)40-16-12-10-14-38(40)32(3)4)20-24-46(62)54-26-28-56(34(6)60)42(30-54)52(64)70-8/h9-24,31-32,41-42H,25-30H2,1-8H3/b23-19+,24-20+. The van der Waals surface area contributed by atoms with Gasteiger partial charge in [0.25, 0.3) is 11.4 Å². The third kappa shape index (κ3) is 11.5. The van der Waals surface area contributed by atoms with Crippen LogP contribution in [-0.2, 0) is 38.2 Å². The first-order valence-electron chi connectivity index (χ1n) is 22.9. The van der Waals surface area contributed by atoms with Crippen molar-refractivity contribution in [2.45, 2.75) is 75.3 Å². The van der Waals surface area contributed by atoms with Gasteiger partial charge in [-0.05, 0) is 69.5 Å². The van der Waals surface area contributed by atoms with Crippen LogP contribution in [0.3, 0.4) is 0 Å². The zero-order chi connectivity index (χ0) is 51.8. The highest BCUT2D eigenvalue weighted by Crippen LogP contribution is 2.50. The summed E-state index contributed by atoms with van der Waals surface area (Å²) in [5.41, 5.74) is 2.80. The van der Waals surface area contributed by atoms with Crippen molar-refractivity contribution in [2.75, 3.05) is 53.5 Å². The van der Waals surface area contributed by atoms with E-state index in [2.05, 4.69) is 0 Å². The topological polar surface area (TPSA) is 220 Å². The van der Waals surface area contributed by atoms with Crippen LogP contribution in [0.1, 0.15) is 75.6 Å². The second-order valence-corrected chi connectivity index (χ2v) is 18.7. The molecule has 372 valence electrons. The Kier molecular flexibility index (Phi) is 16.9. The van der Waals surface area contributed by atoms with E-state index in [4.69, 9.17) is 9.47 Å². The highest BCUT2D eigenvalue weighted by Gasteiger charge is 2.38. The van der Waals surface area contributed by atoms with Crippen molar-refractivity contribution in [3.63, 3.8) is 0 Å². The number of nitrogens with zero attached hydrogens (tertiary/aromatic N) is 6. The quantitative estimate of drug-likeness (QED) is 0.0512. The smallest absolute Gasteiger partial charge is 0.330 e. The van der Waals surface area contributed by atoms with E-state index in [-0.39, 0.29) is 95.2 Å². The van der Waals surface area contributed by atoms with Gasteiger partial charge < -0.3 is 29.1 Å². The fourth-order valence-electron chi connectivity index (χ4n) is 9.05. The molecular weight excluding hydrogens is 933 g/mol. The lowest BCUT2D eigenvalue weighted by Crippen LogP contribution is -2.59. The number of carbonyl (C=O) groups excluding carboxylic acids is 6. The number of nitro benzene ring substituents is 2. The third-order valence-electron chi connectivity index (χ3n) is 12.6. The van der Waals surface area contributed by atoms with E-state index >= 15 is 0 Å². The highest BCUT2D eigenvalue weighted by atomic mass is 32.2. The summed E-state index contributed by atoms with van der Waals surface area (Å²) in [6, 6.07) is 18.5. The molecule has 71 heavy (non-hydrogen) atoms. The van der Waals surface area contributed by atoms with Crippen LogP contribution in [0.15, 0.2) is 94.7 Å². The van der Waals surface area contributed by atoms with Crippen molar-refractivity contribution in [1.82, 2.24) is 19.6 Å². The van der Waals surface area contributed by atoms with Crippen LogP contribution in [0.2, 0.25) is 0 Å². The van der Waals surface area contributed by atoms with Gasteiger partial charge in [0.2, 0.25) is 23.6 Å². The predicted molar refractivity (Wildman–Crippen MR) is 267 cm³/mol. The molecule has 18 nitrogen and oxygen atoms in total. The number of carbonyl (C=O) groups is 6. The zero-order valence-corrected chi connectivity index (χ0v) is 41.6. The average Bonchev–Trinajstić information content (AvgIpc) is 3.35. The number of piperazine rings is 2. The molecule has 2 aliphatic heterocycles. The maximum absolute atomic E-state index is 13.8.